The van der Waals surface area contributed by atoms with Gasteiger partial charge in [-0.25, -0.2) is 0 Å². The standard InChI is InChI=1S/C12H11ClNP/c1-8(15)9-4-10(6-11(13)5-9)12(7-14)2-3-12/h4-6,15H,2-3H2,1H3. The summed E-state index contributed by atoms with van der Waals surface area (Å²) in [7, 11) is 3.49. The van der Waals surface area contributed by atoms with E-state index < -0.39 is 0 Å². The topological polar surface area (TPSA) is 23.8 Å². The minimum Gasteiger partial charge on any atom is -0.197 e. The maximum Gasteiger partial charge on any atom is 0.0824 e. The summed E-state index contributed by atoms with van der Waals surface area (Å²) >= 11 is 6.04. The van der Waals surface area contributed by atoms with Gasteiger partial charge in [-0.3, -0.25) is 0 Å². The molecule has 0 heterocycles. The van der Waals surface area contributed by atoms with Gasteiger partial charge in [0.25, 0.3) is 0 Å². The predicted molar refractivity (Wildman–Crippen MR) is 66.1 cm³/mol. The van der Waals surface area contributed by atoms with Gasteiger partial charge in [-0.05, 0) is 54.4 Å². The Morgan fingerprint density at radius 2 is 2.13 bits per heavy atom. The van der Waals surface area contributed by atoms with Crippen LogP contribution in [0.4, 0.5) is 0 Å². The lowest BCUT2D eigenvalue weighted by Gasteiger charge is -2.09. The molecule has 1 saturated carbocycles. The van der Waals surface area contributed by atoms with Gasteiger partial charge in [0.05, 0.1) is 11.5 Å². The zero-order valence-electron chi connectivity index (χ0n) is 8.47. The number of benzene rings is 1. The first-order valence-electron chi connectivity index (χ1n) is 4.85. The van der Waals surface area contributed by atoms with E-state index in [-0.39, 0.29) is 5.41 Å². The van der Waals surface area contributed by atoms with Gasteiger partial charge < -0.3 is 0 Å². The van der Waals surface area contributed by atoms with Crippen molar-refractivity contribution in [2.75, 3.05) is 0 Å². The second kappa shape index (κ2) is 3.63. The van der Waals surface area contributed by atoms with Crippen LogP contribution in [-0.4, -0.2) is 5.29 Å². The van der Waals surface area contributed by atoms with Gasteiger partial charge in [0.1, 0.15) is 0 Å². The molecule has 0 aromatic heterocycles. The van der Waals surface area contributed by atoms with Crippen LogP contribution in [-0.2, 0) is 5.41 Å². The molecule has 15 heavy (non-hydrogen) atoms. The fourth-order valence-electron chi connectivity index (χ4n) is 1.67. The minimum atomic E-state index is -0.263. The van der Waals surface area contributed by atoms with Crippen molar-refractivity contribution in [3.63, 3.8) is 0 Å². The summed E-state index contributed by atoms with van der Waals surface area (Å²) < 4.78 is 0. The van der Waals surface area contributed by atoms with Gasteiger partial charge in [-0.15, -0.1) is 8.86 Å². The van der Waals surface area contributed by atoms with E-state index in [2.05, 4.69) is 14.9 Å². The lowest BCUT2D eigenvalue weighted by molar-refractivity contribution is 0.908. The molecule has 1 aromatic carbocycles. The number of hydrogen-bond donors (Lipinski definition) is 0. The fourth-order valence-corrected chi connectivity index (χ4v) is 2.05. The summed E-state index contributed by atoms with van der Waals surface area (Å²) in [5, 5.41) is 10.8. The average molecular weight is 236 g/mol. The third kappa shape index (κ3) is 1.93. The highest BCUT2D eigenvalue weighted by Crippen LogP contribution is 2.48. The average Bonchev–Trinajstić information content (AvgIpc) is 2.97. The second-order valence-electron chi connectivity index (χ2n) is 4.05. The normalized spacial score (nSPS) is 16.9. The first kappa shape index (κ1) is 10.7. The Morgan fingerprint density at radius 1 is 1.47 bits per heavy atom. The van der Waals surface area contributed by atoms with Crippen molar-refractivity contribution in [3.05, 3.63) is 34.3 Å². The van der Waals surface area contributed by atoms with Gasteiger partial charge in [-0.1, -0.05) is 11.6 Å². The summed E-state index contributed by atoms with van der Waals surface area (Å²) in [6, 6.07) is 8.23. The lowest BCUT2D eigenvalue weighted by atomic mass is 9.95. The first-order valence-corrected chi connectivity index (χ1v) is 5.73. The molecule has 0 saturated heterocycles. The van der Waals surface area contributed by atoms with Crippen molar-refractivity contribution in [1.29, 1.82) is 5.26 Å². The van der Waals surface area contributed by atoms with Crippen LogP contribution in [0.2, 0.25) is 5.02 Å². The summed E-state index contributed by atoms with van der Waals surface area (Å²) in [6.07, 6.45) is 1.90. The molecule has 0 bridgehead atoms. The van der Waals surface area contributed by atoms with Crippen LogP contribution in [0.15, 0.2) is 18.2 Å². The van der Waals surface area contributed by atoms with Crippen molar-refractivity contribution < 1.29 is 0 Å². The highest BCUT2D eigenvalue weighted by atomic mass is 35.5. The Balaban J connectivity index is 2.50. The number of nitriles is 1. The molecule has 1 fully saturated rings. The molecule has 1 aliphatic rings. The Bertz CT molecular complexity index is 469. The molecule has 0 unspecified atom stereocenters. The van der Waals surface area contributed by atoms with E-state index in [1.165, 1.54) is 0 Å². The van der Waals surface area contributed by atoms with Crippen molar-refractivity contribution in [2.45, 2.75) is 25.2 Å². The van der Waals surface area contributed by atoms with E-state index in [4.69, 9.17) is 16.9 Å². The second-order valence-corrected chi connectivity index (χ2v) is 5.23. The fraction of sp³-hybridized carbons (Fsp3) is 0.333. The number of nitrogens with zero attached hydrogens (tertiary/aromatic N) is 1. The van der Waals surface area contributed by atoms with E-state index >= 15 is 0 Å². The summed E-state index contributed by atoms with van der Waals surface area (Å²) in [5.41, 5.74) is 1.84. The van der Waals surface area contributed by atoms with Crippen molar-refractivity contribution in [2.24, 2.45) is 0 Å². The number of halogens is 1. The van der Waals surface area contributed by atoms with Gasteiger partial charge in [0, 0.05) is 5.02 Å². The van der Waals surface area contributed by atoms with E-state index in [0.717, 1.165) is 29.3 Å². The quantitative estimate of drug-likeness (QED) is 0.719. The predicted octanol–water partition coefficient (Wildman–Crippen LogP) is 3.58. The smallest absolute Gasteiger partial charge is 0.0824 e. The van der Waals surface area contributed by atoms with Crippen LogP contribution in [0.25, 0.3) is 0 Å². The van der Waals surface area contributed by atoms with Gasteiger partial charge in [0.15, 0.2) is 0 Å². The highest BCUT2D eigenvalue weighted by Gasteiger charge is 2.45. The van der Waals surface area contributed by atoms with Crippen LogP contribution in [0.1, 0.15) is 30.9 Å². The van der Waals surface area contributed by atoms with Crippen molar-refractivity contribution in [3.8, 4) is 6.07 Å². The van der Waals surface area contributed by atoms with E-state index in [1.54, 1.807) is 0 Å². The molecule has 0 aliphatic heterocycles. The molecule has 1 nitrogen and oxygen atoms in total. The molecular formula is C12H11ClNP. The molecule has 1 aliphatic carbocycles. The van der Waals surface area contributed by atoms with Gasteiger partial charge in [-0.2, -0.15) is 5.26 Å². The van der Waals surface area contributed by atoms with Crippen LogP contribution < -0.4 is 0 Å². The van der Waals surface area contributed by atoms with Crippen LogP contribution >= 0.6 is 20.5 Å². The Labute approximate surface area is 96.9 Å². The molecule has 0 spiro atoms. The Kier molecular flexibility index (Phi) is 2.59. The van der Waals surface area contributed by atoms with E-state index in [1.807, 2.05) is 25.1 Å². The molecule has 0 N–H and O–H groups in total. The third-order valence-electron chi connectivity index (χ3n) is 2.85. The molecule has 2 rings (SSSR count). The largest absolute Gasteiger partial charge is 0.197 e. The molecule has 76 valence electrons. The van der Waals surface area contributed by atoms with Crippen LogP contribution in [0.5, 0.6) is 0 Å². The zero-order valence-corrected chi connectivity index (χ0v) is 10.2. The monoisotopic (exact) mass is 235 g/mol. The van der Waals surface area contributed by atoms with Crippen molar-refractivity contribution >= 4 is 25.8 Å². The Morgan fingerprint density at radius 3 is 2.60 bits per heavy atom. The highest BCUT2D eigenvalue weighted by molar-refractivity contribution is 7.22. The maximum atomic E-state index is 9.12. The molecule has 0 amide bonds. The van der Waals surface area contributed by atoms with Crippen molar-refractivity contribution in [1.82, 2.24) is 0 Å². The molecule has 0 atom stereocenters. The van der Waals surface area contributed by atoms with E-state index in [9.17, 15) is 0 Å². The summed E-state index contributed by atoms with van der Waals surface area (Å²) in [4.78, 5) is 0. The van der Waals surface area contributed by atoms with Gasteiger partial charge in [0.2, 0.25) is 0 Å². The molecule has 0 radical (unpaired) electrons. The number of hydrogen-bond acceptors (Lipinski definition) is 1. The lowest BCUT2D eigenvalue weighted by Crippen LogP contribution is -2.04. The SMILES string of the molecule is CC(=P)c1cc(Cl)cc(C2(C#N)CC2)c1. The molecule has 3 heteroatoms. The summed E-state index contributed by atoms with van der Waals surface area (Å²) in [5.74, 6) is 0. The third-order valence-corrected chi connectivity index (χ3v) is 3.35. The maximum absolute atomic E-state index is 9.12. The first-order chi connectivity index (χ1) is 7.07. The molecule has 1 aromatic rings. The van der Waals surface area contributed by atoms with E-state index in [0.29, 0.717) is 5.02 Å². The summed E-state index contributed by atoms with van der Waals surface area (Å²) in [6.45, 7) is 1.97. The zero-order chi connectivity index (χ0) is 11.1. The van der Waals surface area contributed by atoms with Gasteiger partial charge >= 0.3 is 0 Å². The van der Waals surface area contributed by atoms with Crippen LogP contribution in [0.3, 0.4) is 0 Å². The Hall–Kier alpha value is -0.830. The minimum absolute atomic E-state index is 0.263. The number of rotatable bonds is 2. The van der Waals surface area contributed by atoms with Crippen LogP contribution in [0, 0.1) is 11.3 Å². The molecular weight excluding hydrogens is 225 g/mol.